The standard InChI is InChI=1S/C19H30N4O3S.2ClH/c1-22-9-11-23(12-10-22)27(25,26)18-8-3-2-5-16(18)14-21-19(24)17-7-4-6-15(17)13-20;;/h2-3,5,8,15,17H,4,6-7,9-14,20H2,1H3,(H,21,24);2*1H/t15-,17-;;/m1../s1. The lowest BCUT2D eigenvalue weighted by atomic mass is 9.95. The highest BCUT2D eigenvalue weighted by Gasteiger charge is 2.32. The number of amides is 1. The van der Waals surface area contributed by atoms with Gasteiger partial charge in [0.2, 0.25) is 15.9 Å². The summed E-state index contributed by atoms with van der Waals surface area (Å²) in [4.78, 5) is 15.0. The minimum atomic E-state index is -3.56. The van der Waals surface area contributed by atoms with Crippen LogP contribution in [0.1, 0.15) is 24.8 Å². The fourth-order valence-corrected chi connectivity index (χ4v) is 5.69. The highest BCUT2D eigenvalue weighted by molar-refractivity contribution is 7.89. The van der Waals surface area contributed by atoms with Crippen LogP contribution >= 0.6 is 24.8 Å². The first-order chi connectivity index (χ1) is 12.9. The number of nitrogens with two attached hydrogens (primary N) is 1. The molecule has 7 nitrogen and oxygen atoms in total. The van der Waals surface area contributed by atoms with Crippen LogP contribution in [0, 0.1) is 11.8 Å². The fourth-order valence-electron chi connectivity index (χ4n) is 4.05. The molecule has 166 valence electrons. The zero-order valence-electron chi connectivity index (χ0n) is 16.7. The molecule has 2 aliphatic rings. The summed E-state index contributed by atoms with van der Waals surface area (Å²) in [7, 11) is -1.57. The van der Waals surface area contributed by atoms with E-state index in [0.717, 1.165) is 32.4 Å². The zero-order chi connectivity index (χ0) is 19.4. The number of likely N-dealkylation sites (N-methyl/N-ethyl adjacent to an activating group) is 1. The molecular formula is C19H32Cl2N4O3S. The SMILES string of the molecule is CN1CCN(S(=O)(=O)c2ccccc2CNC(=O)[C@@H]2CCC[C@@H]2CN)CC1.Cl.Cl. The Kier molecular flexibility index (Phi) is 10.3. The molecule has 3 N–H and O–H groups in total. The van der Waals surface area contributed by atoms with Crippen molar-refractivity contribution in [3.8, 4) is 0 Å². The van der Waals surface area contributed by atoms with Gasteiger partial charge in [0.15, 0.2) is 0 Å². The monoisotopic (exact) mass is 466 g/mol. The van der Waals surface area contributed by atoms with Gasteiger partial charge in [-0.1, -0.05) is 24.6 Å². The molecule has 0 spiro atoms. The number of hydrogen-bond acceptors (Lipinski definition) is 5. The first-order valence-electron chi connectivity index (χ1n) is 9.68. The van der Waals surface area contributed by atoms with E-state index in [1.165, 1.54) is 4.31 Å². The molecule has 29 heavy (non-hydrogen) atoms. The van der Waals surface area contributed by atoms with Crippen molar-refractivity contribution in [1.29, 1.82) is 0 Å². The van der Waals surface area contributed by atoms with Gasteiger partial charge >= 0.3 is 0 Å². The van der Waals surface area contributed by atoms with E-state index < -0.39 is 10.0 Å². The summed E-state index contributed by atoms with van der Waals surface area (Å²) >= 11 is 0. The Bertz CT molecular complexity index is 770. The number of carbonyl (C=O) groups excluding carboxylic acids is 1. The maximum absolute atomic E-state index is 13.1. The number of nitrogens with one attached hydrogen (secondary N) is 1. The van der Waals surface area contributed by atoms with Crippen LogP contribution in [0.4, 0.5) is 0 Å². The normalized spacial score (nSPS) is 23.1. The highest BCUT2D eigenvalue weighted by Crippen LogP contribution is 2.31. The molecule has 2 fully saturated rings. The van der Waals surface area contributed by atoms with Crippen LogP contribution in [0.15, 0.2) is 29.2 Å². The molecule has 0 aromatic heterocycles. The van der Waals surface area contributed by atoms with Gasteiger partial charge in [-0.2, -0.15) is 4.31 Å². The van der Waals surface area contributed by atoms with E-state index in [4.69, 9.17) is 5.73 Å². The van der Waals surface area contributed by atoms with E-state index in [0.29, 0.717) is 25.2 Å². The number of halogens is 2. The summed E-state index contributed by atoms with van der Waals surface area (Å²) < 4.78 is 27.7. The second-order valence-corrected chi connectivity index (χ2v) is 9.47. The van der Waals surface area contributed by atoms with Crippen LogP contribution < -0.4 is 11.1 Å². The molecule has 1 saturated carbocycles. The van der Waals surface area contributed by atoms with Crippen LogP contribution in [0.5, 0.6) is 0 Å². The van der Waals surface area contributed by atoms with E-state index in [-0.39, 0.29) is 54.0 Å². The second kappa shape index (κ2) is 11.5. The average Bonchev–Trinajstić information content (AvgIpc) is 3.15. The molecule has 2 atom stereocenters. The van der Waals surface area contributed by atoms with Gasteiger partial charge in [0.05, 0.1) is 4.90 Å². The molecular weight excluding hydrogens is 435 g/mol. The largest absolute Gasteiger partial charge is 0.352 e. The predicted octanol–water partition coefficient (Wildman–Crippen LogP) is 1.46. The molecule has 1 aromatic carbocycles. The quantitative estimate of drug-likeness (QED) is 0.661. The van der Waals surface area contributed by atoms with Gasteiger partial charge in [0, 0.05) is 38.6 Å². The first-order valence-corrected chi connectivity index (χ1v) is 11.1. The van der Waals surface area contributed by atoms with Crippen LogP contribution in [0.2, 0.25) is 0 Å². The molecule has 10 heteroatoms. The Hall–Kier alpha value is -0.900. The van der Waals surface area contributed by atoms with Crippen LogP contribution in [0.25, 0.3) is 0 Å². The van der Waals surface area contributed by atoms with Crippen molar-refractivity contribution in [2.24, 2.45) is 17.6 Å². The summed E-state index contributed by atoms with van der Waals surface area (Å²) in [6, 6.07) is 6.95. The number of carbonyl (C=O) groups is 1. The first kappa shape index (κ1) is 26.1. The summed E-state index contributed by atoms with van der Waals surface area (Å²) in [6.45, 7) is 3.16. The van der Waals surface area contributed by atoms with E-state index in [2.05, 4.69) is 10.2 Å². The summed E-state index contributed by atoms with van der Waals surface area (Å²) in [6.07, 6.45) is 2.87. The molecule has 1 saturated heterocycles. The fraction of sp³-hybridized carbons (Fsp3) is 0.632. The van der Waals surface area contributed by atoms with Crippen molar-refractivity contribution in [1.82, 2.24) is 14.5 Å². The second-order valence-electron chi connectivity index (χ2n) is 7.57. The Morgan fingerprint density at radius 1 is 1.14 bits per heavy atom. The highest BCUT2D eigenvalue weighted by atomic mass is 35.5. The van der Waals surface area contributed by atoms with E-state index in [1.807, 2.05) is 13.1 Å². The molecule has 1 aliphatic heterocycles. The van der Waals surface area contributed by atoms with Crippen molar-refractivity contribution < 1.29 is 13.2 Å². The minimum Gasteiger partial charge on any atom is -0.352 e. The molecule has 1 aliphatic carbocycles. The predicted molar refractivity (Wildman–Crippen MR) is 119 cm³/mol. The van der Waals surface area contributed by atoms with Crippen molar-refractivity contribution >= 4 is 40.7 Å². The third-order valence-electron chi connectivity index (χ3n) is 5.80. The van der Waals surface area contributed by atoms with Crippen LogP contribution in [-0.4, -0.2) is 63.3 Å². The van der Waals surface area contributed by atoms with E-state index in [1.54, 1.807) is 18.2 Å². The number of nitrogens with zero attached hydrogens (tertiary/aromatic N) is 2. The van der Waals surface area contributed by atoms with E-state index in [9.17, 15) is 13.2 Å². The minimum absolute atomic E-state index is 0. The summed E-state index contributed by atoms with van der Waals surface area (Å²) in [5.74, 6) is 0.153. The Morgan fingerprint density at radius 3 is 2.45 bits per heavy atom. The van der Waals surface area contributed by atoms with Crippen LogP contribution in [-0.2, 0) is 21.4 Å². The van der Waals surface area contributed by atoms with Crippen LogP contribution in [0.3, 0.4) is 0 Å². The van der Waals surface area contributed by atoms with Gasteiger partial charge < -0.3 is 16.0 Å². The Labute approximate surface area is 186 Å². The van der Waals surface area contributed by atoms with Crippen molar-refractivity contribution in [3.63, 3.8) is 0 Å². The number of piperazine rings is 1. The average molecular weight is 467 g/mol. The van der Waals surface area contributed by atoms with Crippen molar-refractivity contribution in [2.45, 2.75) is 30.7 Å². The van der Waals surface area contributed by atoms with E-state index >= 15 is 0 Å². The Morgan fingerprint density at radius 2 is 1.79 bits per heavy atom. The molecule has 3 rings (SSSR count). The van der Waals surface area contributed by atoms with Gasteiger partial charge in [0.1, 0.15) is 0 Å². The Balaban J connectivity index is 0.00000210. The van der Waals surface area contributed by atoms with Gasteiger partial charge in [0.25, 0.3) is 0 Å². The van der Waals surface area contributed by atoms with Gasteiger partial charge in [-0.3, -0.25) is 4.79 Å². The third-order valence-corrected chi connectivity index (χ3v) is 7.80. The van der Waals surface area contributed by atoms with Crippen molar-refractivity contribution in [3.05, 3.63) is 29.8 Å². The maximum atomic E-state index is 13.1. The lowest BCUT2D eigenvalue weighted by molar-refractivity contribution is -0.126. The molecule has 1 heterocycles. The zero-order valence-corrected chi connectivity index (χ0v) is 19.2. The lowest BCUT2D eigenvalue weighted by Crippen LogP contribution is -2.47. The molecule has 0 bridgehead atoms. The lowest BCUT2D eigenvalue weighted by Gasteiger charge is -2.32. The molecule has 1 aromatic rings. The van der Waals surface area contributed by atoms with Gasteiger partial charge in [-0.25, -0.2) is 8.42 Å². The van der Waals surface area contributed by atoms with Gasteiger partial charge in [-0.05, 0) is 44.0 Å². The molecule has 0 radical (unpaired) electrons. The smallest absolute Gasteiger partial charge is 0.243 e. The number of sulfonamides is 1. The number of hydrogen-bond donors (Lipinski definition) is 2. The third kappa shape index (κ3) is 6.06. The molecule has 0 unspecified atom stereocenters. The maximum Gasteiger partial charge on any atom is 0.243 e. The number of rotatable bonds is 6. The molecule has 1 amide bonds. The topological polar surface area (TPSA) is 95.7 Å². The van der Waals surface area contributed by atoms with Gasteiger partial charge in [-0.15, -0.1) is 24.8 Å². The summed E-state index contributed by atoms with van der Waals surface area (Å²) in [5.41, 5.74) is 6.41. The number of benzene rings is 1. The summed E-state index contributed by atoms with van der Waals surface area (Å²) in [5, 5.41) is 2.94. The van der Waals surface area contributed by atoms with Crippen molar-refractivity contribution in [2.75, 3.05) is 39.8 Å².